The number of aliphatic hydroxyl groups is 1. The molecule has 7 heteroatoms. The van der Waals surface area contributed by atoms with E-state index in [4.69, 9.17) is 19.9 Å². The molecule has 1 atom stereocenters. The van der Waals surface area contributed by atoms with Crippen molar-refractivity contribution < 1.29 is 24.1 Å². The van der Waals surface area contributed by atoms with Crippen LogP contribution in [0.4, 0.5) is 0 Å². The van der Waals surface area contributed by atoms with Crippen LogP contribution in [0.25, 0.3) is 0 Å². The van der Waals surface area contributed by atoms with Crippen LogP contribution in [0.15, 0.2) is 127 Å². The summed E-state index contributed by atoms with van der Waals surface area (Å²) in [5.41, 5.74) is 10.9. The third kappa shape index (κ3) is 8.53. The molecule has 236 valence electrons. The van der Waals surface area contributed by atoms with E-state index in [-0.39, 0.29) is 11.5 Å². The highest BCUT2D eigenvalue weighted by Crippen LogP contribution is 2.31. The third-order valence-corrected chi connectivity index (χ3v) is 8.05. The SMILES string of the molecule is COc1ccc(C(CN(Cc2ccccc2)CC(O)c2ccc(OCc3ccccc3)c(C(N)=O)c2)c2ccc(OC)cc2)cc1. The van der Waals surface area contributed by atoms with E-state index in [1.165, 1.54) is 0 Å². The lowest BCUT2D eigenvalue weighted by Gasteiger charge is -2.30. The fourth-order valence-corrected chi connectivity index (χ4v) is 5.54. The number of nitrogens with zero attached hydrogens (tertiary/aromatic N) is 1. The fourth-order valence-electron chi connectivity index (χ4n) is 5.54. The Morgan fingerprint density at radius 1 is 0.696 bits per heavy atom. The fraction of sp³-hybridized carbons (Fsp3) is 0.205. The molecule has 7 nitrogen and oxygen atoms in total. The molecule has 1 amide bonds. The van der Waals surface area contributed by atoms with Crippen molar-refractivity contribution >= 4 is 5.91 Å². The molecular formula is C39H40N2O5. The van der Waals surface area contributed by atoms with E-state index in [0.29, 0.717) is 37.6 Å². The van der Waals surface area contributed by atoms with Crippen LogP contribution in [0.2, 0.25) is 0 Å². The predicted octanol–water partition coefficient (Wildman–Crippen LogP) is 6.75. The lowest BCUT2D eigenvalue weighted by atomic mass is 9.90. The zero-order chi connectivity index (χ0) is 32.3. The molecule has 5 aromatic rings. The number of carbonyl (C=O) groups excluding carboxylic acids is 1. The molecule has 0 bridgehead atoms. The van der Waals surface area contributed by atoms with Crippen LogP contribution < -0.4 is 19.9 Å². The van der Waals surface area contributed by atoms with Gasteiger partial charge in [0.25, 0.3) is 5.91 Å². The molecule has 0 aliphatic carbocycles. The van der Waals surface area contributed by atoms with Crippen LogP contribution in [0, 0.1) is 0 Å². The molecule has 0 aromatic heterocycles. The first-order valence-electron chi connectivity index (χ1n) is 15.3. The number of nitrogens with two attached hydrogens (primary N) is 1. The molecule has 0 saturated carbocycles. The van der Waals surface area contributed by atoms with Crippen LogP contribution in [-0.4, -0.2) is 43.2 Å². The van der Waals surface area contributed by atoms with E-state index in [1.54, 1.807) is 32.4 Å². The van der Waals surface area contributed by atoms with E-state index >= 15 is 0 Å². The summed E-state index contributed by atoms with van der Waals surface area (Å²) < 4.78 is 16.8. The van der Waals surface area contributed by atoms with Crippen LogP contribution in [0.5, 0.6) is 17.2 Å². The zero-order valence-electron chi connectivity index (χ0n) is 26.2. The highest BCUT2D eigenvalue weighted by Gasteiger charge is 2.23. The third-order valence-electron chi connectivity index (χ3n) is 8.05. The van der Waals surface area contributed by atoms with Gasteiger partial charge in [0.15, 0.2) is 0 Å². The second-order valence-corrected chi connectivity index (χ2v) is 11.2. The Labute approximate surface area is 270 Å². The maximum atomic E-state index is 12.5. The van der Waals surface area contributed by atoms with Crippen molar-refractivity contribution in [3.05, 3.63) is 161 Å². The van der Waals surface area contributed by atoms with E-state index in [0.717, 1.165) is 33.8 Å². The highest BCUT2D eigenvalue weighted by molar-refractivity contribution is 5.95. The van der Waals surface area contributed by atoms with Gasteiger partial charge in [0, 0.05) is 25.6 Å². The minimum atomic E-state index is -0.891. The number of amides is 1. The minimum absolute atomic E-state index is 0.0114. The number of methoxy groups -OCH3 is 2. The first-order chi connectivity index (χ1) is 22.4. The molecule has 0 aliphatic heterocycles. The van der Waals surface area contributed by atoms with Gasteiger partial charge in [-0.05, 0) is 64.2 Å². The van der Waals surface area contributed by atoms with Gasteiger partial charge in [0.1, 0.15) is 23.9 Å². The van der Waals surface area contributed by atoms with Crippen LogP contribution in [0.1, 0.15) is 50.2 Å². The average Bonchev–Trinajstić information content (AvgIpc) is 3.10. The molecule has 0 fully saturated rings. The van der Waals surface area contributed by atoms with Gasteiger partial charge in [-0.25, -0.2) is 0 Å². The average molecular weight is 617 g/mol. The van der Waals surface area contributed by atoms with Gasteiger partial charge >= 0.3 is 0 Å². The van der Waals surface area contributed by atoms with Gasteiger partial charge in [-0.15, -0.1) is 0 Å². The quantitative estimate of drug-likeness (QED) is 0.135. The van der Waals surface area contributed by atoms with Crippen molar-refractivity contribution in [2.24, 2.45) is 5.73 Å². The van der Waals surface area contributed by atoms with Gasteiger partial charge in [0.2, 0.25) is 0 Å². The molecule has 5 rings (SSSR count). The van der Waals surface area contributed by atoms with E-state index in [1.807, 2.05) is 72.8 Å². The Morgan fingerprint density at radius 2 is 1.22 bits per heavy atom. The molecule has 0 heterocycles. The molecule has 46 heavy (non-hydrogen) atoms. The molecule has 0 saturated heterocycles. The maximum Gasteiger partial charge on any atom is 0.252 e. The number of hydrogen-bond acceptors (Lipinski definition) is 6. The second-order valence-electron chi connectivity index (χ2n) is 11.2. The van der Waals surface area contributed by atoms with Crippen LogP contribution in [-0.2, 0) is 13.2 Å². The zero-order valence-corrected chi connectivity index (χ0v) is 26.2. The van der Waals surface area contributed by atoms with Crippen molar-refractivity contribution in [2.45, 2.75) is 25.2 Å². The molecule has 0 radical (unpaired) electrons. The summed E-state index contributed by atoms with van der Waals surface area (Å²) in [5, 5.41) is 11.6. The molecule has 0 aliphatic rings. The van der Waals surface area contributed by atoms with Gasteiger partial charge in [0.05, 0.1) is 25.9 Å². The molecule has 1 unspecified atom stereocenters. The predicted molar refractivity (Wildman–Crippen MR) is 180 cm³/mol. The Bertz CT molecular complexity index is 1630. The summed E-state index contributed by atoms with van der Waals surface area (Å²) in [4.78, 5) is 14.7. The summed E-state index contributed by atoms with van der Waals surface area (Å²) in [7, 11) is 3.31. The van der Waals surface area contributed by atoms with Crippen molar-refractivity contribution in [3.8, 4) is 17.2 Å². The maximum absolute atomic E-state index is 12.5. The van der Waals surface area contributed by atoms with Gasteiger partial charge in [-0.1, -0.05) is 91.0 Å². The lowest BCUT2D eigenvalue weighted by molar-refractivity contribution is 0.0992. The van der Waals surface area contributed by atoms with Crippen LogP contribution in [0.3, 0.4) is 0 Å². The number of aliphatic hydroxyl groups excluding tert-OH is 1. The van der Waals surface area contributed by atoms with Gasteiger partial charge in [-0.3, -0.25) is 9.69 Å². The summed E-state index contributed by atoms with van der Waals surface area (Å²) in [6, 6.07) is 41.2. The second kappa shape index (κ2) is 15.8. The summed E-state index contributed by atoms with van der Waals surface area (Å²) in [5.74, 6) is 1.33. The number of benzene rings is 5. The smallest absolute Gasteiger partial charge is 0.252 e. The Morgan fingerprint density at radius 3 is 1.74 bits per heavy atom. The molecule has 5 aromatic carbocycles. The number of rotatable bonds is 15. The Balaban J connectivity index is 1.42. The molecule has 3 N–H and O–H groups in total. The van der Waals surface area contributed by atoms with E-state index in [2.05, 4.69) is 41.3 Å². The largest absolute Gasteiger partial charge is 0.497 e. The monoisotopic (exact) mass is 616 g/mol. The van der Waals surface area contributed by atoms with Crippen molar-refractivity contribution in [2.75, 3.05) is 27.3 Å². The van der Waals surface area contributed by atoms with Gasteiger partial charge in [-0.2, -0.15) is 0 Å². The van der Waals surface area contributed by atoms with Crippen molar-refractivity contribution in [1.82, 2.24) is 4.90 Å². The molecular weight excluding hydrogens is 576 g/mol. The minimum Gasteiger partial charge on any atom is -0.497 e. The lowest BCUT2D eigenvalue weighted by Crippen LogP contribution is -2.33. The summed E-state index contributed by atoms with van der Waals surface area (Å²) in [6.07, 6.45) is -0.891. The van der Waals surface area contributed by atoms with Gasteiger partial charge < -0.3 is 25.1 Å². The summed E-state index contributed by atoms with van der Waals surface area (Å²) in [6.45, 7) is 1.85. The Kier molecular flexibility index (Phi) is 11.1. The van der Waals surface area contributed by atoms with Crippen molar-refractivity contribution in [1.29, 1.82) is 0 Å². The number of hydrogen-bond donors (Lipinski definition) is 2. The topological polar surface area (TPSA) is 94.3 Å². The summed E-state index contributed by atoms with van der Waals surface area (Å²) >= 11 is 0. The van der Waals surface area contributed by atoms with Crippen LogP contribution >= 0.6 is 0 Å². The highest BCUT2D eigenvalue weighted by atomic mass is 16.5. The normalized spacial score (nSPS) is 11.8. The van der Waals surface area contributed by atoms with Crippen molar-refractivity contribution in [3.63, 3.8) is 0 Å². The Hall–Kier alpha value is -5.11. The van der Waals surface area contributed by atoms with E-state index in [9.17, 15) is 9.90 Å². The molecule has 0 spiro atoms. The first kappa shape index (κ1) is 32.3. The van der Waals surface area contributed by atoms with E-state index < -0.39 is 12.0 Å². The standard InChI is InChI=1S/C39H40N2O5/c1-44-33-18-13-30(14-19-33)36(31-15-20-34(45-2)21-16-31)25-41(24-28-9-5-3-6-10-28)26-37(42)32-17-22-38(35(23-32)39(40)43)46-27-29-11-7-4-8-12-29/h3-23,36-37,42H,24-27H2,1-2H3,(H2,40,43). The first-order valence-corrected chi connectivity index (χ1v) is 15.3. The number of ether oxygens (including phenoxy) is 3. The number of carbonyl (C=O) groups is 1. The number of primary amides is 1.